The molecule has 0 amide bonds. The third kappa shape index (κ3) is 2.63. The highest BCUT2D eigenvalue weighted by atomic mass is 19.4. The van der Waals surface area contributed by atoms with E-state index in [9.17, 15) is 13.2 Å². The van der Waals surface area contributed by atoms with E-state index >= 15 is 0 Å². The molecule has 3 nitrogen and oxygen atoms in total. The first-order chi connectivity index (χ1) is 7.98. The van der Waals surface area contributed by atoms with Crippen LogP contribution >= 0.6 is 0 Å². The maximum Gasteiger partial charge on any atom is 0.418 e. The smallest absolute Gasteiger partial charge is 0.399 e. The van der Waals surface area contributed by atoms with Gasteiger partial charge in [0.2, 0.25) is 0 Å². The Hall–Kier alpha value is -1.43. The number of ether oxygens (including phenoxy) is 1. The first-order valence-corrected chi connectivity index (χ1v) is 5.28. The SMILES string of the molecule is Nc1ccc(C(F)(F)F)c(N2CCOCC2)c1. The number of alkyl halides is 3. The predicted octanol–water partition coefficient (Wildman–Crippen LogP) is 2.12. The average molecular weight is 246 g/mol. The van der Waals surface area contributed by atoms with Crippen LogP contribution in [0.15, 0.2) is 18.2 Å². The summed E-state index contributed by atoms with van der Waals surface area (Å²) in [7, 11) is 0. The molecule has 0 unspecified atom stereocenters. The number of nitrogen functional groups attached to an aromatic ring is 1. The van der Waals surface area contributed by atoms with Crippen molar-refractivity contribution in [2.45, 2.75) is 6.18 Å². The molecule has 1 aromatic rings. The fourth-order valence-corrected chi connectivity index (χ4v) is 1.85. The molecule has 0 aliphatic carbocycles. The minimum Gasteiger partial charge on any atom is -0.399 e. The van der Waals surface area contributed by atoms with E-state index in [-0.39, 0.29) is 5.69 Å². The van der Waals surface area contributed by atoms with Gasteiger partial charge in [0.15, 0.2) is 0 Å². The Bertz CT molecular complexity index is 400. The quantitative estimate of drug-likeness (QED) is 0.771. The van der Waals surface area contributed by atoms with E-state index in [0.29, 0.717) is 32.0 Å². The van der Waals surface area contributed by atoms with Gasteiger partial charge >= 0.3 is 6.18 Å². The van der Waals surface area contributed by atoms with E-state index in [0.717, 1.165) is 6.07 Å². The molecule has 2 rings (SSSR count). The zero-order chi connectivity index (χ0) is 12.5. The first kappa shape index (κ1) is 12.0. The Morgan fingerprint density at radius 2 is 1.82 bits per heavy atom. The number of nitrogens with two attached hydrogens (primary N) is 1. The van der Waals surface area contributed by atoms with Gasteiger partial charge in [-0.05, 0) is 18.2 Å². The summed E-state index contributed by atoms with van der Waals surface area (Å²) in [5.74, 6) is 0. The summed E-state index contributed by atoms with van der Waals surface area (Å²) in [6.07, 6.45) is -4.36. The monoisotopic (exact) mass is 246 g/mol. The Labute approximate surface area is 97.0 Å². The normalized spacial score (nSPS) is 17.2. The summed E-state index contributed by atoms with van der Waals surface area (Å²) >= 11 is 0. The van der Waals surface area contributed by atoms with Crippen molar-refractivity contribution in [2.75, 3.05) is 36.9 Å². The number of halogens is 3. The van der Waals surface area contributed by atoms with Crippen molar-refractivity contribution in [3.05, 3.63) is 23.8 Å². The van der Waals surface area contributed by atoms with Crippen LogP contribution in [0.4, 0.5) is 24.5 Å². The Morgan fingerprint density at radius 1 is 1.18 bits per heavy atom. The molecule has 17 heavy (non-hydrogen) atoms. The molecule has 0 spiro atoms. The van der Waals surface area contributed by atoms with Gasteiger partial charge in [-0.1, -0.05) is 0 Å². The molecule has 1 heterocycles. The molecule has 0 saturated carbocycles. The van der Waals surface area contributed by atoms with Crippen LogP contribution in [0.25, 0.3) is 0 Å². The second-order valence-corrected chi connectivity index (χ2v) is 3.87. The fourth-order valence-electron chi connectivity index (χ4n) is 1.85. The van der Waals surface area contributed by atoms with Gasteiger partial charge in [0.05, 0.1) is 24.5 Å². The van der Waals surface area contributed by atoms with Crippen LogP contribution in [0.3, 0.4) is 0 Å². The highest BCUT2D eigenvalue weighted by molar-refractivity contribution is 5.62. The third-order valence-electron chi connectivity index (χ3n) is 2.68. The molecular formula is C11H13F3N2O. The summed E-state index contributed by atoms with van der Waals surface area (Å²) < 4.78 is 43.6. The lowest BCUT2D eigenvalue weighted by Crippen LogP contribution is -2.37. The molecule has 0 bridgehead atoms. The van der Waals surface area contributed by atoms with Crippen LogP contribution < -0.4 is 10.6 Å². The highest BCUT2D eigenvalue weighted by Gasteiger charge is 2.35. The van der Waals surface area contributed by atoms with Crippen molar-refractivity contribution in [3.63, 3.8) is 0 Å². The number of benzene rings is 1. The van der Waals surface area contributed by atoms with Crippen LogP contribution in [-0.4, -0.2) is 26.3 Å². The maximum absolute atomic E-state index is 12.8. The summed E-state index contributed by atoms with van der Waals surface area (Å²) in [5, 5.41) is 0. The number of hydrogen-bond acceptors (Lipinski definition) is 3. The molecule has 1 aromatic carbocycles. The molecule has 0 radical (unpaired) electrons. The predicted molar refractivity (Wildman–Crippen MR) is 58.9 cm³/mol. The summed E-state index contributed by atoms with van der Waals surface area (Å²) in [6, 6.07) is 3.67. The van der Waals surface area contributed by atoms with Gasteiger partial charge in [0, 0.05) is 18.8 Å². The van der Waals surface area contributed by atoms with Gasteiger partial charge in [0.1, 0.15) is 0 Å². The van der Waals surface area contributed by atoms with Crippen LogP contribution in [0, 0.1) is 0 Å². The van der Waals surface area contributed by atoms with Gasteiger partial charge in [-0.25, -0.2) is 0 Å². The van der Waals surface area contributed by atoms with Gasteiger partial charge < -0.3 is 15.4 Å². The summed E-state index contributed by atoms with van der Waals surface area (Å²) in [5.41, 5.74) is 5.38. The van der Waals surface area contributed by atoms with E-state index in [2.05, 4.69) is 0 Å². The molecular weight excluding hydrogens is 233 g/mol. The Balaban J connectivity index is 2.39. The number of anilines is 2. The van der Waals surface area contributed by atoms with E-state index in [1.165, 1.54) is 12.1 Å². The average Bonchev–Trinajstić information content (AvgIpc) is 2.28. The van der Waals surface area contributed by atoms with Crippen molar-refractivity contribution in [1.29, 1.82) is 0 Å². The Morgan fingerprint density at radius 3 is 2.41 bits per heavy atom. The van der Waals surface area contributed by atoms with Gasteiger partial charge in [-0.3, -0.25) is 0 Å². The van der Waals surface area contributed by atoms with Crippen molar-refractivity contribution in [2.24, 2.45) is 0 Å². The highest BCUT2D eigenvalue weighted by Crippen LogP contribution is 2.37. The van der Waals surface area contributed by atoms with Crippen molar-refractivity contribution < 1.29 is 17.9 Å². The molecule has 6 heteroatoms. The van der Waals surface area contributed by atoms with E-state index in [1.807, 2.05) is 0 Å². The largest absolute Gasteiger partial charge is 0.418 e. The molecule has 94 valence electrons. The summed E-state index contributed by atoms with van der Waals surface area (Å²) in [6.45, 7) is 1.78. The van der Waals surface area contributed by atoms with Crippen LogP contribution in [0.1, 0.15) is 5.56 Å². The number of rotatable bonds is 1. The molecule has 0 aromatic heterocycles. The van der Waals surface area contributed by atoms with Crippen molar-refractivity contribution in [1.82, 2.24) is 0 Å². The van der Waals surface area contributed by atoms with Gasteiger partial charge in [0.25, 0.3) is 0 Å². The molecule has 1 aliphatic heterocycles. The van der Waals surface area contributed by atoms with Gasteiger partial charge in [-0.2, -0.15) is 13.2 Å². The first-order valence-electron chi connectivity index (χ1n) is 5.28. The van der Waals surface area contributed by atoms with E-state index < -0.39 is 11.7 Å². The van der Waals surface area contributed by atoms with E-state index in [4.69, 9.17) is 10.5 Å². The third-order valence-corrected chi connectivity index (χ3v) is 2.68. The van der Waals surface area contributed by atoms with Crippen LogP contribution in [0.5, 0.6) is 0 Å². The number of nitrogens with zero attached hydrogens (tertiary/aromatic N) is 1. The second kappa shape index (κ2) is 4.44. The topological polar surface area (TPSA) is 38.5 Å². The van der Waals surface area contributed by atoms with E-state index in [1.54, 1.807) is 4.90 Å². The molecule has 1 fully saturated rings. The van der Waals surface area contributed by atoms with Crippen molar-refractivity contribution in [3.8, 4) is 0 Å². The Kier molecular flexibility index (Phi) is 3.15. The molecule has 1 aliphatic rings. The summed E-state index contributed by atoms with van der Waals surface area (Å²) in [4.78, 5) is 1.66. The van der Waals surface area contributed by atoms with Crippen molar-refractivity contribution >= 4 is 11.4 Å². The molecule has 2 N–H and O–H groups in total. The van der Waals surface area contributed by atoms with Gasteiger partial charge in [-0.15, -0.1) is 0 Å². The molecule has 1 saturated heterocycles. The maximum atomic E-state index is 12.8. The zero-order valence-electron chi connectivity index (χ0n) is 9.13. The standard InChI is InChI=1S/C11H13F3N2O/c12-11(13,14)9-2-1-8(15)7-10(9)16-3-5-17-6-4-16/h1-2,7H,3-6,15H2. The lowest BCUT2D eigenvalue weighted by Gasteiger charge is -2.31. The molecule has 0 atom stereocenters. The lowest BCUT2D eigenvalue weighted by molar-refractivity contribution is -0.137. The number of hydrogen-bond donors (Lipinski definition) is 1. The fraction of sp³-hybridized carbons (Fsp3) is 0.455. The second-order valence-electron chi connectivity index (χ2n) is 3.87. The lowest BCUT2D eigenvalue weighted by atomic mass is 10.1. The minimum absolute atomic E-state index is 0.140. The minimum atomic E-state index is -4.36. The van der Waals surface area contributed by atoms with Crippen LogP contribution in [0.2, 0.25) is 0 Å². The zero-order valence-corrected chi connectivity index (χ0v) is 9.13. The number of morpholine rings is 1. The van der Waals surface area contributed by atoms with Crippen LogP contribution in [-0.2, 0) is 10.9 Å².